The van der Waals surface area contributed by atoms with Crippen molar-refractivity contribution in [1.29, 1.82) is 0 Å². The van der Waals surface area contributed by atoms with Crippen LogP contribution in [0.5, 0.6) is 11.5 Å². The first-order valence-electron chi connectivity index (χ1n) is 8.61. The predicted molar refractivity (Wildman–Crippen MR) is 101 cm³/mol. The number of hydrogen-bond acceptors (Lipinski definition) is 6. The smallest absolute Gasteiger partial charge is 0.259 e. The highest BCUT2D eigenvalue weighted by atomic mass is 19.1. The van der Waals surface area contributed by atoms with Crippen LogP contribution in [0.15, 0.2) is 48.7 Å². The van der Waals surface area contributed by atoms with Gasteiger partial charge in [0.1, 0.15) is 5.82 Å². The molecule has 28 heavy (non-hydrogen) atoms. The van der Waals surface area contributed by atoms with Crippen molar-refractivity contribution in [2.24, 2.45) is 0 Å². The Bertz CT molecular complexity index is 1020. The van der Waals surface area contributed by atoms with Gasteiger partial charge in [-0.25, -0.2) is 14.4 Å². The Morgan fingerprint density at radius 1 is 1.14 bits per heavy atom. The van der Waals surface area contributed by atoms with E-state index in [0.29, 0.717) is 35.2 Å². The number of ether oxygens (including phenoxy) is 2. The number of fused-ring (bicyclic) bond motifs is 1. The number of anilines is 2. The molecule has 0 atom stereocenters. The minimum atomic E-state index is -0.365. The first-order chi connectivity index (χ1) is 13.6. The SMILES string of the molecule is Cc1nc(NCc2ccc3c(c2)OCO3)ncc1C(=O)Nc1ccc(F)cc1. The molecule has 8 heteroatoms. The molecule has 4 rings (SSSR count). The molecule has 1 aliphatic rings. The predicted octanol–water partition coefficient (Wildman–Crippen LogP) is 3.52. The second-order valence-electron chi connectivity index (χ2n) is 6.19. The van der Waals surface area contributed by atoms with Gasteiger partial charge in [0.25, 0.3) is 5.91 Å². The van der Waals surface area contributed by atoms with E-state index in [-0.39, 0.29) is 18.5 Å². The highest BCUT2D eigenvalue weighted by Gasteiger charge is 2.14. The largest absolute Gasteiger partial charge is 0.454 e. The molecule has 7 nitrogen and oxygen atoms in total. The van der Waals surface area contributed by atoms with Crippen LogP contribution in [0.1, 0.15) is 21.6 Å². The number of rotatable bonds is 5. The highest BCUT2D eigenvalue weighted by molar-refractivity contribution is 6.04. The number of aromatic nitrogens is 2. The Balaban J connectivity index is 1.41. The minimum absolute atomic E-state index is 0.232. The number of amides is 1. The van der Waals surface area contributed by atoms with Gasteiger partial charge in [0, 0.05) is 18.4 Å². The van der Waals surface area contributed by atoms with Crippen molar-refractivity contribution < 1.29 is 18.7 Å². The fraction of sp³-hybridized carbons (Fsp3) is 0.150. The Morgan fingerprint density at radius 3 is 2.71 bits per heavy atom. The molecular weight excluding hydrogens is 363 g/mol. The quantitative estimate of drug-likeness (QED) is 0.705. The zero-order valence-electron chi connectivity index (χ0n) is 15.0. The molecule has 0 fully saturated rings. The molecule has 2 heterocycles. The van der Waals surface area contributed by atoms with Gasteiger partial charge in [-0.1, -0.05) is 6.07 Å². The molecule has 0 aliphatic carbocycles. The van der Waals surface area contributed by atoms with Crippen LogP contribution < -0.4 is 20.1 Å². The molecule has 2 N–H and O–H groups in total. The average Bonchev–Trinajstić information content (AvgIpc) is 3.16. The summed E-state index contributed by atoms with van der Waals surface area (Å²) in [7, 11) is 0. The summed E-state index contributed by atoms with van der Waals surface area (Å²) in [6.45, 7) is 2.46. The molecule has 1 aliphatic heterocycles. The number of aryl methyl sites for hydroxylation is 1. The normalized spacial score (nSPS) is 11.9. The molecule has 1 aromatic heterocycles. The number of nitrogens with one attached hydrogen (secondary N) is 2. The summed E-state index contributed by atoms with van der Waals surface area (Å²) in [5.74, 6) is 1.13. The van der Waals surface area contributed by atoms with Crippen LogP contribution in [0.3, 0.4) is 0 Å². The molecular formula is C20H17FN4O3. The maximum absolute atomic E-state index is 13.0. The summed E-state index contributed by atoms with van der Waals surface area (Å²) in [6.07, 6.45) is 1.46. The lowest BCUT2D eigenvalue weighted by Crippen LogP contribution is -2.15. The lowest BCUT2D eigenvalue weighted by atomic mass is 10.2. The average molecular weight is 380 g/mol. The van der Waals surface area contributed by atoms with Gasteiger partial charge >= 0.3 is 0 Å². The van der Waals surface area contributed by atoms with Gasteiger partial charge in [-0.05, 0) is 48.9 Å². The molecule has 3 aromatic rings. The second kappa shape index (κ2) is 7.51. The maximum atomic E-state index is 13.0. The van der Waals surface area contributed by atoms with E-state index in [2.05, 4.69) is 20.6 Å². The molecule has 142 valence electrons. The molecule has 0 bridgehead atoms. The Morgan fingerprint density at radius 2 is 1.93 bits per heavy atom. The number of halogens is 1. The van der Waals surface area contributed by atoms with E-state index in [1.54, 1.807) is 6.92 Å². The lowest BCUT2D eigenvalue weighted by molar-refractivity contribution is 0.102. The van der Waals surface area contributed by atoms with Gasteiger partial charge in [-0.2, -0.15) is 0 Å². The Kier molecular flexibility index (Phi) is 4.76. The maximum Gasteiger partial charge on any atom is 0.259 e. The molecule has 2 aromatic carbocycles. The van der Waals surface area contributed by atoms with Gasteiger partial charge < -0.3 is 20.1 Å². The monoisotopic (exact) mass is 380 g/mol. The van der Waals surface area contributed by atoms with Gasteiger partial charge in [0.15, 0.2) is 11.5 Å². The number of nitrogens with zero attached hydrogens (tertiary/aromatic N) is 2. The van der Waals surface area contributed by atoms with E-state index in [1.165, 1.54) is 30.5 Å². The van der Waals surface area contributed by atoms with Crippen LogP contribution in [0, 0.1) is 12.7 Å². The summed E-state index contributed by atoms with van der Waals surface area (Å²) in [5.41, 5.74) is 2.36. The molecule has 0 radical (unpaired) electrons. The highest BCUT2D eigenvalue weighted by Crippen LogP contribution is 2.32. The van der Waals surface area contributed by atoms with Crippen LogP contribution in [-0.4, -0.2) is 22.7 Å². The number of carbonyl (C=O) groups excluding carboxylic acids is 1. The third kappa shape index (κ3) is 3.85. The van der Waals surface area contributed by atoms with Crippen LogP contribution in [0.2, 0.25) is 0 Å². The summed E-state index contributed by atoms with van der Waals surface area (Å²) in [4.78, 5) is 20.9. The summed E-state index contributed by atoms with van der Waals surface area (Å²) >= 11 is 0. The van der Waals surface area contributed by atoms with Crippen LogP contribution >= 0.6 is 0 Å². The van der Waals surface area contributed by atoms with Gasteiger partial charge in [0.2, 0.25) is 12.7 Å². The van der Waals surface area contributed by atoms with Crippen molar-refractivity contribution in [2.75, 3.05) is 17.4 Å². The van der Waals surface area contributed by atoms with Gasteiger partial charge in [-0.3, -0.25) is 4.79 Å². The van der Waals surface area contributed by atoms with E-state index >= 15 is 0 Å². The van der Waals surface area contributed by atoms with Gasteiger partial charge in [0.05, 0.1) is 11.3 Å². The first kappa shape index (κ1) is 17.7. The van der Waals surface area contributed by atoms with Crippen molar-refractivity contribution in [1.82, 2.24) is 9.97 Å². The van der Waals surface area contributed by atoms with Gasteiger partial charge in [-0.15, -0.1) is 0 Å². The third-order valence-electron chi connectivity index (χ3n) is 4.21. The fourth-order valence-corrected chi connectivity index (χ4v) is 2.74. The summed E-state index contributed by atoms with van der Waals surface area (Å²) in [5, 5.41) is 5.82. The molecule has 0 saturated heterocycles. The van der Waals surface area contributed by atoms with Crippen LogP contribution in [0.25, 0.3) is 0 Å². The van der Waals surface area contributed by atoms with E-state index in [1.807, 2.05) is 18.2 Å². The number of hydrogen-bond donors (Lipinski definition) is 2. The molecule has 0 saturated carbocycles. The fourth-order valence-electron chi connectivity index (χ4n) is 2.74. The van der Waals surface area contributed by atoms with Crippen molar-refractivity contribution in [3.8, 4) is 11.5 Å². The van der Waals surface area contributed by atoms with E-state index in [9.17, 15) is 9.18 Å². The first-order valence-corrected chi connectivity index (χ1v) is 8.61. The van der Waals surface area contributed by atoms with Crippen LogP contribution in [0.4, 0.5) is 16.0 Å². The zero-order valence-corrected chi connectivity index (χ0v) is 15.0. The number of carbonyl (C=O) groups is 1. The topological polar surface area (TPSA) is 85.4 Å². The lowest BCUT2D eigenvalue weighted by Gasteiger charge is -2.10. The van der Waals surface area contributed by atoms with E-state index in [0.717, 1.165) is 11.3 Å². The van der Waals surface area contributed by atoms with E-state index < -0.39 is 0 Å². The molecule has 1 amide bonds. The standard InChI is InChI=1S/C20H17FN4O3/c1-12-16(19(26)25-15-5-3-14(21)4-6-15)10-23-20(24-12)22-9-13-2-7-17-18(8-13)28-11-27-17/h2-8,10H,9,11H2,1H3,(H,25,26)(H,22,23,24). The summed E-state index contributed by atoms with van der Waals surface area (Å²) in [6, 6.07) is 11.2. The van der Waals surface area contributed by atoms with Crippen molar-refractivity contribution in [3.63, 3.8) is 0 Å². The Labute approximate surface area is 160 Å². The van der Waals surface area contributed by atoms with Crippen molar-refractivity contribution in [3.05, 3.63) is 71.3 Å². The van der Waals surface area contributed by atoms with Crippen molar-refractivity contribution >= 4 is 17.5 Å². The third-order valence-corrected chi connectivity index (χ3v) is 4.21. The number of benzene rings is 2. The molecule has 0 spiro atoms. The molecule has 0 unspecified atom stereocenters. The van der Waals surface area contributed by atoms with Crippen molar-refractivity contribution in [2.45, 2.75) is 13.5 Å². The zero-order chi connectivity index (χ0) is 19.5. The Hall–Kier alpha value is -3.68. The second-order valence-corrected chi connectivity index (χ2v) is 6.19. The van der Waals surface area contributed by atoms with Crippen LogP contribution in [-0.2, 0) is 6.54 Å². The van der Waals surface area contributed by atoms with E-state index in [4.69, 9.17) is 9.47 Å². The minimum Gasteiger partial charge on any atom is -0.454 e. The summed E-state index contributed by atoms with van der Waals surface area (Å²) < 4.78 is 23.6.